The third-order valence-electron chi connectivity index (χ3n) is 4.15. The van der Waals surface area contributed by atoms with E-state index in [0.29, 0.717) is 12.2 Å². The molecule has 26 heavy (non-hydrogen) atoms. The van der Waals surface area contributed by atoms with Crippen LogP contribution in [-0.2, 0) is 11.2 Å². The SMILES string of the molecule is CSc1ccccc1-c1ccc2c(NC(=O)Cc3cccs3)n[nH]c2c1. The molecule has 0 unspecified atom stereocenters. The van der Waals surface area contributed by atoms with Crippen molar-refractivity contribution >= 4 is 45.7 Å². The summed E-state index contributed by atoms with van der Waals surface area (Å²) in [5, 5.41) is 13.1. The normalized spacial score (nSPS) is 11.0. The van der Waals surface area contributed by atoms with E-state index >= 15 is 0 Å². The molecule has 4 rings (SSSR count). The molecule has 0 aliphatic rings. The van der Waals surface area contributed by atoms with Gasteiger partial charge >= 0.3 is 0 Å². The highest BCUT2D eigenvalue weighted by Gasteiger charge is 2.12. The number of thiophene rings is 1. The fourth-order valence-electron chi connectivity index (χ4n) is 2.91. The molecule has 4 aromatic rings. The minimum absolute atomic E-state index is 0.0577. The molecule has 130 valence electrons. The summed E-state index contributed by atoms with van der Waals surface area (Å²) in [6, 6.07) is 18.4. The minimum atomic E-state index is -0.0577. The van der Waals surface area contributed by atoms with Crippen LogP contribution in [0, 0.1) is 0 Å². The summed E-state index contributed by atoms with van der Waals surface area (Å²) in [6.45, 7) is 0. The van der Waals surface area contributed by atoms with Crippen LogP contribution in [0.25, 0.3) is 22.0 Å². The lowest BCUT2D eigenvalue weighted by Gasteiger charge is -2.07. The summed E-state index contributed by atoms with van der Waals surface area (Å²) in [6.07, 6.45) is 2.44. The third-order valence-corrected chi connectivity index (χ3v) is 5.83. The molecule has 1 amide bonds. The van der Waals surface area contributed by atoms with Gasteiger partial charge in [0.05, 0.1) is 11.9 Å². The maximum absolute atomic E-state index is 12.2. The van der Waals surface area contributed by atoms with Crippen molar-refractivity contribution in [1.82, 2.24) is 10.2 Å². The number of fused-ring (bicyclic) bond motifs is 1. The van der Waals surface area contributed by atoms with E-state index in [4.69, 9.17) is 0 Å². The van der Waals surface area contributed by atoms with Crippen molar-refractivity contribution in [1.29, 1.82) is 0 Å². The second-order valence-corrected chi connectivity index (χ2v) is 7.72. The number of hydrogen-bond donors (Lipinski definition) is 2. The van der Waals surface area contributed by atoms with E-state index in [1.54, 1.807) is 23.1 Å². The lowest BCUT2D eigenvalue weighted by atomic mass is 10.0. The number of carbonyl (C=O) groups excluding carboxylic acids is 1. The average Bonchev–Trinajstić information content (AvgIpc) is 3.31. The van der Waals surface area contributed by atoms with Crippen molar-refractivity contribution in [3.8, 4) is 11.1 Å². The molecule has 0 saturated heterocycles. The van der Waals surface area contributed by atoms with Gasteiger partial charge in [0.1, 0.15) is 0 Å². The first-order valence-electron chi connectivity index (χ1n) is 8.18. The summed E-state index contributed by atoms with van der Waals surface area (Å²) in [5.74, 6) is 0.518. The molecule has 6 heteroatoms. The predicted octanol–water partition coefficient (Wildman–Crippen LogP) is 5.19. The Morgan fingerprint density at radius 3 is 2.88 bits per heavy atom. The monoisotopic (exact) mass is 379 g/mol. The smallest absolute Gasteiger partial charge is 0.230 e. The number of thioether (sulfide) groups is 1. The van der Waals surface area contributed by atoms with Crippen molar-refractivity contribution in [2.75, 3.05) is 11.6 Å². The Balaban J connectivity index is 1.60. The summed E-state index contributed by atoms with van der Waals surface area (Å²) in [7, 11) is 0. The van der Waals surface area contributed by atoms with Gasteiger partial charge in [0.25, 0.3) is 0 Å². The van der Waals surface area contributed by atoms with Crippen LogP contribution in [0.3, 0.4) is 0 Å². The molecule has 2 aromatic heterocycles. The van der Waals surface area contributed by atoms with E-state index in [0.717, 1.165) is 21.3 Å². The first-order valence-corrected chi connectivity index (χ1v) is 10.3. The highest BCUT2D eigenvalue weighted by molar-refractivity contribution is 7.98. The maximum atomic E-state index is 12.2. The maximum Gasteiger partial charge on any atom is 0.230 e. The first kappa shape index (κ1) is 16.9. The third kappa shape index (κ3) is 3.38. The second-order valence-electron chi connectivity index (χ2n) is 5.84. The number of amides is 1. The number of aromatic nitrogens is 2. The molecule has 0 aliphatic heterocycles. The molecule has 0 bridgehead atoms. The lowest BCUT2D eigenvalue weighted by molar-refractivity contribution is -0.115. The summed E-state index contributed by atoms with van der Waals surface area (Å²) in [5.41, 5.74) is 3.23. The molecule has 0 spiro atoms. The molecule has 2 N–H and O–H groups in total. The van der Waals surface area contributed by atoms with Crippen LogP contribution in [0.4, 0.5) is 5.82 Å². The molecule has 0 aliphatic carbocycles. The molecule has 4 nitrogen and oxygen atoms in total. The van der Waals surface area contributed by atoms with Gasteiger partial charge in [0.2, 0.25) is 5.91 Å². The van der Waals surface area contributed by atoms with Crippen molar-refractivity contribution < 1.29 is 4.79 Å². The fraction of sp³-hybridized carbons (Fsp3) is 0.100. The van der Waals surface area contributed by atoms with Gasteiger partial charge in [0.15, 0.2) is 5.82 Å². The van der Waals surface area contributed by atoms with Gasteiger partial charge in [-0.25, -0.2) is 0 Å². The molecule has 0 radical (unpaired) electrons. The topological polar surface area (TPSA) is 57.8 Å². The van der Waals surface area contributed by atoms with Gasteiger partial charge in [-0.15, -0.1) is 23.1 Å². The Bertz CT molecular complexity index is 1050. The number of carbonyl (C=O) groups is 1. The van der Waals surface area contributed by atoms with E-state index in [2.05, 4.69) is 46.0 Å². The Hall–Kier alpha value is -2.57. The molecule has 2 heterocycles. The Morgan fingerprint density at radius 1 is 1.19 bits per heavy atom. The van der Waals surface area contributed by atoms with Gasteiger partial charge in [-0.1, -0.05) is 30.3 Å². The van der Waals surface area contributed by atoms with Crippen molar-refractivity contribution in [2.24, 2.45) is 0 Å². The second kappa shape index (κ2) is 7.35. The first-order chi connectivity index (χ1) is 12.7. The Kier molecular flexibility index (Phi) is 4.77. The van der Waals surface area contributed by atoms with Crippen LogP contribution in [0.1, 0.15) is 4.88 Å². The van der Waals surface area contributed by atoms with Crippen LogP contribution in [-0.4, -0.2) is 22.4 Å². The summed E-state index contributed by atoms with van der Waals surface area (Å²) < 4.78 is 0. The van der Waals surface area contributed by atoms with Gasteiger partial charge in [0, 0.05) is 15.2 Å². The van der Waals surface area contributed by atoms with Crippen molar-refractivity contribution in [3.63, 3.8) is 0 Å². The zero-order valence-electron chi connectivity index (χ0n) is 14.2. The van der Waals surface area contributed by atoms with Gasteiger partial charge in [-0.3, -0.25) is 9.89 Å². The minimum Gasteiger partial charge on any atom is -0.308 e. The van der Waals surface area contributed by atoms with E-state index in [1.165, 1.54) is 10.5 Å². The van der Waals surface area contributed by atoms with Crippen LogP contribution in [0.2, 0.25) is 0 Å². The molecule has 0 atom stereocenters. The zero-order chi connectivity index (χ0) is 17.9. The van der Waals surface area contributed by atoms with E-state index in [1.807, 2.05) is 35.7 Å². The molecule has 0 fully saturated rings. The van der Waals surface area contributed by atoms with E-state index < -0.39 is 0 Å². The van der Waals surface area contributed by atoms with Crippen LogP contribution < -0.4 is 5.32 Å². The molecular weight excluding hydrogens is 362 g/mol. The van der Waals surface area contributed by atoms with E-state index in [9.17, 15) is 4.79 Å². The molecule has 2 aromatic carbocycles. The van der Waals surface area contributed by atoms with Crippen LogP contribution in [0.15, 0.2) is 64.9 Å². The van der Waals surface area contributed by atoms with Crippen LogP contribution in [0.5, 0.6) is 0 Å². The number of aromatic amines is 1. The largest absolute Gasteiger partial charge is 0.308 e. The van der Waals surface area contributed by atoms with Gasteiger partial charge in [-0.05, 0) is 47.0 Å². The molecular formula is C20H17N3OS2. The number of nitrogens with one attached hydrogen (secondary N) is 2. The summed E-state index contributed by atoms with van der Waals surface area (Å²) >= 11 is 3.31. The predicted molar refractivity (Wildman–Crippen MR) is 110 cm³/mol. The number of anilines is 1. The number of hydrogen-bond acceptors (Lipinski definition) is 4. The number of nitrogens with zero attached hydrogens (tertiary/aromatic N) is 1. The Labute approximate surface area is 159 Å². The van der Waals surface area contributed by atoms with Crippen LogP contribution >= 0.6 is 23.1 Å². The highest BCUT2D eigenvalue weighted by atomic mass is 32.2. The Morgan fingerprint density at radius 2 is 2.08 bits per heavy atom. The van der Waals surface area contributed by atoms with Crippen molar-refractivity contribution in [3.05, 3.63) is 64.9 Å². The van der Waals surface area contributed by atoms with Gasteiger partial charge in [-0.2, -0.15) is 5.10 Å². The number of benzene rings is 2. The number of H-pyrrole nitrogens is 1. The van der Waals surface area contributed by atoms with Gasteiger partial charge < -0.3 is 5.32 Å². The highest BCUT2D eigenvalue weighted by Crippen LogP contribution is 2.32. The number of rotatable bonds is 5. The quantitative estimate of drug-likeness (QED) is 0.469. The lowest BCUT2D eigenvalue weighted by Crippen LogP contribution is -2.14. The van der Waals surface area contributed by atoms with Crippen molar-refractivity contribution in [2.45, 2.75) is 11.3 Å². The molecule has 0 saturated carbocycles. The standard InChI is InChI=1S/C20H17N3OS2/c1-25-18-7-3-2-6-15(18)13-8-9-16-17(11-13)22-23-20(16)21-19(24)12-14-5-4-10-26-14/h2-11H,12H2,1H3,(H2,21,22,23,24). The van der Waals surface area contributed by atoms with E-state index in [-0.39, 0.29) is 5.91 Å². The fourth-order valence-corrected chi connectivity index (χ4v) is 4.24. The summed E-state index contributed by atoms with van der Waals surface area (Å²) in [4.78, 5) is 14.5. The zero-order valence-corrected chi connectivity index (χ0v) is 15.8. The average molecular weight is 380 g/mol.